The standard InChI is InChI=1S/C18H18N2O4/c1-9(2)3-4-10-5-6-14-11(7-10)15(21)12-8-13(18(22)23)16(19)20-17(12)24-14/h5-9H,3-4H2,1-2H3,(H2,19,20)(H,22,23). The minimum absolute atomic E-state index is 0.0462. The average Bonchev–Trinajstić information content (AvgIpc) is 2.52. The number of aromatic nitrogens is 1. The van der Waals surface area contributed by atoms with E-state index in [9.17, 15) is 9.59 Å². The molecule has 3 rings (SSSR count). The summed E-state index contributed by atoms with van der Waals surface area (Å²) in [5.41, 5.74) is 6.62. The third-order valence-electron chi connectivity index (χ3n) is 4.00. The van der Waals surface area contributed by atoms with Gasteiger partial charge >= 0.3 is 5.97 Å². The number of aromatic carboxylic acids is 1. The van der Waals surface area contributed by atoms with Gasteiger partial charge in [0.15, 0.2) is 0 Å². The Kier molecular flexibility index (Phi) is 3.97. The first-order valence-corrected chi connectivity index (χ1v) is 7.76. The second-order valence-electron chi connectivity index (χ2n) is 6.27. The van der Waals surface area contributed by atoms with Crippen molar-refractivity contribution in [1.82, 2.24) is 4.98 Å². The first-order chi connectivity index (χ1) is 11.4. The molecule has 2 aromatic heterocycles. The van der Waals surface area contributed by atoms with Crippen molar-refractivity contribution in [3.63, 3.8) is 0 Å². The van der Waals surface area contributed by atoms with Gasteiger partial charge in [0, 0.05) is 0 Å². The SMILES string of the molecule is CC(C)CCc1ccc2oc3nc(N)c(C(=O)O)cc3c(=O)c2c1. The van der Waals surface area contributed by atoms with Gasteiger partial charge in [0.1, 0.15) is 17.0 Å². The summed E-state index contributed by atoms with van der Waals surface area (Å²) in [7, 11) is 0. The van der Waals surface area contributed by atoms with Gasteiger partial charge in [0.2, 0.25) is 11.1 Å². The summed E-state index contributed by atoms with van der Waals surface area (Å²) < 4.78 is 5.64. The van der Waals surface area contributed by atoms with Crippen molar-refractivity contribution in [2.24, 2.45) is 5.92 Å². The fourth-order valence-corrected chi connectivity index (χ4v) is 2.63. The predicted octanol–water partition coefficient (Wildman–Crippen LogP) is 3.21. The monoisotopic (exact) mass is 326 g/mol. The zero-order valence-corrected chi connectivity index (χ0v) is 13.5. The Balaban J connectivity index is 2.22. The quantitative estimate of drug-likeness (QED) is 0.713. The van der Waals surface area contributed by atoms with Gasteiger partial charge < -0.3 is 15.3 Å². The molecule has 2 heterocycles. The van der Waals surface area contributed by atoms with Gasteiger partial charge in [-0.3, -0.25) is 4.79 Å². The van der Waals surface area contributed by atoms with Gasteiger partial charge in [0.25, 0.3) is 0 Å². The van der Waals surface area contributed by atoms with Crippen LogP contribution < -0.4 is 11.2 Å². The third-order valence-corrected chi connectivity index (χ3v) is 4.00. The molecule has 3 N–H and O–H groups in total. The van der Waals surface area contributed by atoms with E-state index < -0.39 is 5.97 Å². The molecule has 0 amide bonds. The van der Waals surface area contributed by atoms with E-state index in [4.69, 9.17) is 15.3 Å². The van der Waals surface area contributed by atoms with E-state index in [1.165, 1.54) is 6.07 Å². The molecule has 0 saturated heterocycles. The van der Waals surface area contributed by atoms with Crippen molar-refractivity contribution < 1.29 is 14.3 Å². The Morgan fingerprint density at radius 1 is 1.29 bits per heavy atom. The largest absolute Gasteiger partial charge is 0.478 e. The number of nitrogens with zero attached hydrogens (tertiary/aromatic N) is 1. The predicted molar refractivity (Wildman–Crippen MR) is 92.3 cm³/mol. The van der Waals surface area contributed by atoms with E-state index in [1.807, 2.05) is 6.07 Å². The normalized spacial score (nSPS) is 11.5. The Bertz CT molecular complexity index is 1010. The Morgan fingerprint density at radius 2 is 2.04 bits per heavy atom. The van der Waals surface area contributed by atoms with Crippen LogP contribution in [-0.4, -0.2) is 16.1 Å². The fourth-order valence-electron chi connectivity index (χ4n) is 2.63. The van der Waals surface area contributed by atoms with Gasteiger partial charge in [-0.05, 0) is 42.5 Å². The molecule has 0 saturated carbocycles. The second kappa shape index (κ2) is 5.96. The van der Waals surface area contributed by atoms with E-state index in [2.05, 4.69) is 18.8 Å². The van der Waals surface area contributed by atoms with Crippen LogP contribution in [0.15, 0.2) is 33.5 Å². The van der Waals surface area contributed by atoms with Crippen LogP contribution in [0.2, 0.25) is 0 Å². The van der Waals surface area contributed by atoms with Gasteiger partial charge in [-0.25, -0.2) is 4.79 Å². The zero-order valence-electron chi connectivity index (χ0n) is 13.5. The van der Waals surface area contributed by atoms with Crippen LogP contribution in [0.3, 0.4) is 0 Å². The van der Waals surface area contributed by atoms with Crippen LogP contribution in [0.25, 0.3) is 22.1 Å². The number of nitrogens with two attached hydrogens (primary N) is 1. The topological polar surface area (TPSA) is 106 Å². The molecular formula is C18H18N2O4. The number of carboxylic acids is 1. The molecule has 124 valence electrons. The summed E-state index contributed by atoms with van der Waals surface area (Å²) in [5.74, 6) is -0.836. The summed E-state index contributed by atoms with van der Waals surface area (Å²) in [5, 5.41) is 9.69. The number of benzene rings is 1. The highest BCUT2D eigenvalue weighted by Crippen LogP contribution is 2.22. The lowest BCUT2D eigenvalue weighted by molar-refractivity contribution is 0.0698. The Hall–Kier alpha value is -2.89. The fraction of sp³-hybridized carbons (Fsp3) is 0.278. The van der Waals surface area contributed by atoms with Crippen molar-refractivity contribution >= 4 is 33.9 Å². The first kappa shape index (κ1) is 16.0. The molecule has 1 aromatic carbocycles. The highest BCUT2D eigenvalue weighted by molar-refractivity contribution is 5.98. The van der Waals surface area contributed by atoms with Crippen LogP contribution in [-0.2, 0) is 6.42 Å². The minimum atomic E-state index is -1.23. The first-order valence-electron chi connectivity index (χ1n) is 7.76. The smallest absolute Gasteiger partial charge is 0.339 e. The van der Waals surface area contributed by atoms with E-state index in [0.717, 1.165) is 18.4 Å². The van der Waals surface area contributed by atoms with Crippen molar-refractivity contribution in [3.8, 4) is 0 Å². The minimum Gasteiger partial charge on any atom is -0.478 e. The van der Waals surface area contributed by atoms with E-state index in [1.54, 1.807) is 12.1 Å². The van der Waals surface area contributed by atoms with Crippen molar-refractivity contribution in [1.29, 1.82) is 0 Å². The maximum absolute atomic E-state index is 12.7. The maximum Gasteiger partial charge on any atom is 0.339 e. The number of fused-ring (bicyclic) bond motifs is 2. The third kappa shape index (κ3) is 2.82. The van der Waals surface area contributed by atoms with Crippen LogP contribution >= 0.6 is 0 Å². The Labute approximate surface area is 137 Å². The molecule has 0 aliphatic carbocycles. The summed E-state index contributed by atoms with van der Waals surface area (Å²) in [6, 6.07) is 6.70. The Morgan fingerprint density at radius 3 is 2.71 bits per heavy atom. The molecule has 3 aromatic rings. The van der Waals surface area contributed by atoms with E-state index in [0.29, 0.717) is 16.9 Å². The van der Waals surface area contributed by atoms with Gasteiger partial charge in [-0.1, -0.05) is 19.9 Å². The van der Waals surface area contributed by atoms with Crippen molar-refractivity contribution in [2.45, 2.75) is 26.7 Å². The average molecular weight is 326 g/mol. The molecule has 0 unspecified atom stereocenters. The highest BCUT2D eigenvalue weighted by Gasteiger charge is 2.16. The lowest BCUT2D eigenvalue weighted by atomic mass is 10.0. The molecule has 0 spiro atoms. The summed E-state index contributed by atoms with van der Waals surface area (Å²) in [6.45, 7) is 4.29. The van der Waals surface area contributed by atoms with Gasteiger partial charge in [-0.15, -0.1) is 0 Å². The molecule has 0 aliphatic rings. The number of carbonyl (C=O) groups is 1. The molecule has 6 nitrogen and oxygen atoms in total. The van der Waals surface area contributed by atoms with Crippen LogP contribution in [0, 0.1) is 5.92 Å². The number of hydrogen-bond donors (Lipinski definition) is 2. The second-order valence-corrected chi connectivity index (χ2v) is 6.27. The zero-order chi connectivity index (χ0) is 17.4. The molecule has 6 heteroatoms. The number of rotatable bonds is 4. The van der Waals surface area contributed by atoms with Crippen LogP contribution in [0.5, 0.6) is 0 Å². The lowest BCUT2D eigenvalue weighted by Crippen LogP contribution is -2.09. The lowest BCUT2D eigenvalue weighted by Gasteiger charge is -2.07. The number of nitrogen functional groups attached to an aromatic ring is 1. The molecular weight excluding hydrogens is 308 g/mol. The molecule has 0 atom stereocenters. The van der Waals surface area contributed by atoms with Gasteiger partial charge in [0.05, 0.1) is 10.8 Å². The van der Waals surface area contributed by atoms with Crippen molar-refractivity contribution in [2.75, 3.05) is 5.73 Å². The molecule has 0 fully saturated rings. The summed E-state index contributed by atoms with van der Waals surface area (Å²) in [4.78, 5) is 27.8. The summed E-state index contributed by atoms with van der Waals surface area (Å²) >= 11 is 0. The van der Waals surface area contributed by atoms with E-state index >= 15 is 0 Å². The number of hydrogen-bond acceptors (Lipinski definition) is 5. The van der Waals surface area contributed by atoms with E-state index in [-0.39, 0.29) is 27.9 Å². The summed E-state index contributed by atoms with van der Waals surface area (Å²) in [6.07, 6.45) is 1.89. The molecule has 0 aliphatic heterocycles. The van der Waals surface area contributed by atoms with Crippen LogP contribution in [0.4, 0.5) is 5.82 Å². The maximum atomic E-state index is 12.7. The molecule has 0 bridgehead atoms. The number of pyridine rings is 1. The molecule has 24 heavy (non-hydrogen) atoms. The molecule has 0 radical (unpaired) electrons. The van der Waals surface area contributed by atoms with Crippen LogP contribution in [0.1, 0.15) is 36.2 Å². The number of aryl methyl sites for hydroxylation is 1. The number of anilines is 1. The highest BCUT2D eigenvalue weighted by atomic mass is 16.4. The van der Waals surface area contributed by atoms with Crippen molar-refractivity contribution in [3.05, 3.63) is 45.6 Å². The number of carboxylic acid groups (broad SMARTS) is 1. The van der Waals surface area contributed by atoms with Gasteiger partial charge in [-0.2, -0.15) is 4.98 Å².